The van der Waals surface area contributed by atoms with Gasteiger partial charge in [-0.15, -0.1) is 0 Å². The molecule has 3 aromatic rings. The number of piperazine rings is 1. The molecule has 7 heteroatoms. The molecule has 2 aromatic heterocycles. The minimum Gasteiger partial charge on any atom is -0.353 e. The Morgan fingerprint density at radius 1 is 1.14 bits per heavy atom. The van der Waals surface area contributed by atoms with Crippen molar-refractivity contribution < 1.29 is 4.79 Å². The van der Waals surface area contributed by atoms with E-state index in [0.29, 0.717) is 26.1 Å². The number of carbonyl (C=O) groups is 1. The first-order chi connectivity index (χ1) is 13.6. The second kappa shape index (κ2) is 7.88. The number of carbonyl (C=O) groups excluding carboxylic acids is 1. The fourth-order valence-corrected chi connectivity index (χ4v) is 3.56. The summed E-state index contributed by atoms with van der Waals surface area (Å²) in [5.74, 6) is 1.88. The number of nitrogens with zero attached hydrogens (tertiary/aromatic N) is 4. The number of fused-ring (bicyclic) bond motifs is 1. The number of rotatable bonds is 4. The zero-order chi connectivity index (χ0) is 19.5. The molecule has 0 unspecified atom stereocenters. The zero-order valence-corrected chi connectivity index (χ0v) is 16.4. The lowest BCUT2D eigenvalue weighted by atomic mass is 10.1. The molecular formula is C21H26N6O. The molecule has 1 saturated heterocycles. The number of aryl methyl sites for hydroxylation is 2. The van der Waals surface area contributed by atoms with Gasteiger partial charge in [-0.25, -0.2) is 14.8 Å². The van der Waals surface area contributed by atoms with Crippen molar-refractivity contribution in [2.45, 2.75) is 20.3 Å². The number of hydrogen-bond donors (Lipinski definition) is 2. The van der Waals surface area contributed by atoms with Gasteiger partial charge in [0.05, 0.1) is 11.0 Å². The topological polar surface area (TPSA) is 77.2 Å². The third-order valence-corrected chi connectivity index (χ3v) is 5.41. The minimum atomic E-state index is -0.0104. The highest BCUT2D eigenvalue weighted by Crippen LogP contribution is 2.19. The second-order valence-corrected chi connectivity index (χ2v) is 7.23. The van der Waals surface area contributed by atoms with Crippen molar-refractivity contribution in [2.24, 2.45) is 0 Å². The van der Waals surface area contributed by atoms with Gasteiger partial charge in [0.15, 0.2) is 0 Å². The van der Waals surface area contributed by atoms with Gasteiger partial charge in [-0.1, -0.05) is 12.1 Å². The molecule has 146 valence electrons. The number of imidazole rings is 1. The van der Waals surface area contributed by atoms with Crippen molar-refractivity contribution in [3.8, 4) is 0 Å². The van der Waals surface area contributed by atoms with Gasteiger partial charge in [0.25, 0.3) is 0 Å². The molecule has 1 aliphatic rings. The normalized spacial score (nSPS) is 14.5. The predicted octanol–water partition coefficient (Wildman–Crippen LogP) is 2.65. The molecule has 1 aromatic carbocycles. The van der Waals surface area contributed by atoms with Gasteiger partial charge in [-0.05, 0) is 43.2 Å². The molecule has 3 heterocycles. The Labute approximate surface area is 164 Å². The SMILES string of the molecule is Cc1ccc2[nH]c(CCNC(=O)N3CCN(c4ccccn4)CC3)nc2c1C. The van der Waals surface area contributed by atoms with E-state index in [1.807, 2.05) is 23.1 Å². The van der Waals surface area contributed by atoms with E-state index < -0.39 is 0 Å². The molecule has 0 atom stereocenters. The summed E-state index contributed by atoms with van der Waals surface area (Å²) in [4.78, 5) is 29.0. The van der Waals surface area contributed by atoms with E-state index in [-0.39, 0.29) is 6.03 Å². The zero-order valence-electron chi connectivity index (χ0n) is 16.4. The molecule has 0 aliphatic carbocycles. The first-order valence-corrected chi connectivity index (χ1v) is 9.75. The summed E-state index contributed by atoms with van der Waals surface area (Å²) in [6.45, 7) is 7.75. The molecule has 1 aliphatic heterocycles. The maximum Gasteiger partial charge on any atom is 0.317 e. The molecule has 4 rings (SSSR count). The molecular weight excluding hydrogens is 352 g/mol. The van der Waals surface area contributed by atoms with Gasteiger partial charge in [0.2, 0.25) is 0 Å². The monoisotopic (exact) mass is 378 g/mol. The Balaban J connectivity index is 1.27. The number of amides is 2. The molecule has 1 fully saturated rings. The van der Waals surface area contributed by atoms with Crippen LogP contribution in [0.15, 0.2) is 36.5 Å². The van der Waals surface area contributed by atoms with Crippen molar-refractivity contribution in [1.82, 2.24) is 25.2 Å². The number of anilines is 1. The summed E-state index contributed by atoms with van der Waals surface area (Å²) in [6, 6.07) is 10.1. The second-order valence-electron chi connectivity index (χ2n) is 7.23. The average molecular weight is 378 g/mol. The molecule has 0 radical (unpaired) electrons. The van der Waals surface area contributed by atoms with Crippen LogP contribution in [0.3, 0.4) is 0 Å². The summed E-state index contributed by atoms with van der Waals surface area (Å²) in [5.41, 5.74) is 4.51. The summed E-state index contributed by atoms with van der Waals surface area (Å²) < 4.78 is 0. The van der Waals surface area contributed by atoms with Crippen LogP contribution in [-0.4, -0.2) is 58.6 Å². The highest BCUT2D eigenvalue weighted by Gasteiger charge is 2.21. The summed E-state index contributed by atoms with van der Waals surface area (Å²) >= 11 is 0. The van der Waals surface area contributed by atoms with Gasteiger partial charge in [0.1, 0.15) is 11.6 Å². The molecule has 7 nitrogen and oxygen atoms in total. The predicted molar refractivity (Wildman–Crippen MR) is 111 cm³/mol. The number of urea groups is 1. The van der Waals surface area contributed by atoms with Crippen LogP contribution in [0, 0.1) is 13.8 Å². The first-order valence-electron chi connectivity index (χ1n) is 9.75. The average Bonchev–Trinajstić information content (AvgIpc) is 3.15. The maximum atomic E-state index is 12.5. The highest BCUT2D eigenvalue weighted by molar-refractivity contribution is 5.80. The van der Waals surface area contributed by atoms with Gasteiger partial charge < -0.3 is 20.1 Å². The Morgan fingerprint density at radius 3 is 2.71 bits per heavy atom. The van der Waals surface area contributed by atoms with Crippen molar-refractivity contribution in [1.29, 1.82) is 0 Å². The van der Waals surface area contributed by atoms with Crippen LogP contribution >= 0.6 is 0 Å². The van der Waals surface area contributed by atoms with Crippen molar-refractivity contribution in [2.75, 3.05) is 37.6 Å². The Hall–Kier alpha value is -3.09. The van der Waals surface area contributed by atoms with Crippen LogP contribution in [0.5, 0.6) is 0 Å². The maximum absolute atomic E-state index is 12.5. The van der Waals surface area contributed by atoms with Gasteiger partial charge in [0, 0.05) is 45.3 Å². The van der Waals surface area contributed by atoms with Crippen LogP contribution in [-0.2, 0) is 6.42 Å². The van der Waals surface area contributed by atoms with E-state index in [0.717, 1.165) is 35.8 Å². The van der Waals surface area contributed by atoms with Crippen LogP contribution < -0.4 is 10.2 Å². The fourth-order valence-electron chi connectivity index (χ4n) is 3.56. The van der Waals surface area contributed by atoms with Crippen LogP contribution in [0.2, 0.25) is 0 Å². The first kappa shape index (κ1) is 18.3. The Morgan fingerprint density at radius 2 is 1.96 bits per heavy atom. The largest absolute Gasteiger partial charge is 0.353 e. The van der Waals surface area contributed by atoms with Crippen molar-refractivity contribution in [3.63, 3.8) is 0 Å². The third kappa shape index (κ3) is 3.78. The number of hydrogen-bond acceptors (Lipinski definition) is 4. The number of pyridine rings is 1. The number of aromatic nitrogens is 3. The Bertz CT molecular complexity index is 960. The number of benzene rings is 1. The van der Waals surface area contributed by atoms with Gasteiger partial charge in [-0.3, -0.25) is 0 Å². The smallest absolute Gasteiger partial charge is 0.317 e. The van der Waals surface area contributed by atoms with Crippen LogP contribution in [0.1, 0.15) is 17.0 Å². The van der Waals surface area contributed by atoms with E-state index in [1.54, 1.807) is 6.20 Å². The van der Waals surface area contributed by atoms with Gasteiger partial charge in [-0.2, -0.15) is 0 Å². The summed E-state index contributed by atoms with van der Waals surface area (Å²) in [6.07, 6.45) is 2.49. The lowest BCUT2D eigenvalue weighted by Crippen LogP contribution is -2.52. The number of aromatic amines is 1. The fraction of sp³-hybridized carbons (Fsp3) is 0.381. The number of H-pyrrole nitrogens is 1. The quantitative estimate of drug-likeness (QED) is 0.732. The molecule has 0 spiro atoms. The van der Waals surface area contributed by atoms with Crippen LogP contribution in [0.4, 0.5) is 10.6 Å². The van der Waals surface area contributed by atoms with Crippen molar-refractivity contribution >= 4 is 22.9 Å². The standard InChI is InChI=1S/C21H26N6O/c1-15-6-7-17-20(16(15)2)25-18(24-17)8-10-23-21(28)27-13-11-26(12-14-27)19-5-3-4-9-22-19/h3-7,9H,8,10-14H2,1-2H3,(H,23,28)(H,24,25). The Kier molecular flexibility index (Phi) is 5.14. The molecule has 0 saturated carbocycles. The van der Waals surface area contributed by atoms with Crippen LogP contribution in [0.25, 0.3) is 11.0 Å². The van der Waals surface area contributed by atoms with E-state index in [1.165, 1.54) is 11.1 Å². The lowest BCUT2D eigenvalue weighted by molar-refractivity contribution is 0.194. The highest BCUT2D eigenvalue weighted by atomic mass is 16.2. The summed E-state index contributed by atoms with van der Waals surface area (Å²) in [7, 11) is 0. The van der Waals surface area contributed by atoms with Crippen molar-refractivity contribution in [3.05, 3.63) is 53.5 Å². The van der Waals surface area contributed by atoms with Gasteiger partial charge >= 0.3 is 6.03 Å². The van der Waals surface area contributed by atoms with E-state index >= 15 is 0 Å². The van der Waals surface area contributed by atoms with E-state index in [4.69, 9.17) is 4.98 Å². The molecule has 2 amide bonds. The minimum absolute atomic E-state index is 0.0104. The van der Waals surface area contributed by atoms with E-state index in [2.05, 4.69) is 46.2 Å². The third-order valence-electron chi connectivity index (χ3n) is 5.41. The molecule has 2 N–H and O–H groups in total. The van der Waals surface area contributed by atoms with E-state index in [9.17, 15) is 4.79 Å². The summed E-state index contributed by atoms with van der Waals surface area (Å²) in [5, 5.41) is 3.02. The number of nitrogens with one attached hydrogen (secondary N) is 2. The molecule has 0 bridgehead atoms. The molecule has 28 heavy (non-hydrogen) atoms. The lowest BCUT2D eigenvalue weighted by Gasteiger charge is -2.35.